The fourth-order valence-electron chi connectivity index (χ4n) is 6.02. The molecule has 10 nitrogen and oxygen atoms in total. The minimum Gasteiger partial charge on any atom is -0.443 e. The molecule has 2 amide bonds. The van der Waals surface area contributed by atoms with Gasteiger partial charge in [-0.2, -0.15) is 13.2 Å². The van der Waals surface area contributed by atoms with Crippen LogP contribution in [0.4, 0.5) is 22.8 Å². The molecule has 4 aliphatic rings. The molecule has 0 aromatic heterocycles. The molecule has 4 rings (SSSR count). The second kappa shape index (κ2) is 12.0. The molecule has 228 valence electrons. The zero-order valence-electron chi connectivity index (χ0n) is 24.0. The van der Waals surface area contributed by atoms with Gasteiger partial charge in [-0.15, -0.1) is 0 Å². The number of amides is 2. The van der Waals surface area contributed by atoms with Crippen LogP contribution >= 0.6 is 0 Å². The fourth-order valence-corrected chi connectivity index (χ4v) is 6.02. The highest BCUT2D eigenvalue weighted by atomic mass is 19.4. The molecule has 40 heavy (non-hydrogen) atoms. The molecule has 3 heterocycles. The van der Waals surface area contributed by atoms with Crippen molar-refractivity contribution in [3.63, 3.8) is 0 Å². The van der Waals surface area contributed by atoms with E-state index in [1.54, 1.807) is 7.11 Å². The summed E-state index contributed by atoms with van der Waals surface area (Å²) in [6.45, 7) is 9.10. The highest BCUT2D eigenvalue weighted by molar-refractivity contribution is 5.71. The van der Waals surface area contributed by atoms with E-state index in [1.165, 1.54) is 14.7 Å². The average Bonchev–Trinajstić information content (AvgIpc) is 3.60. The van der Waals surface area contributed by atoms with Gasteiger partial charge in [-0.25, -0.2) is 9.59 Å². The molecular formula is C27H42F3N3O7. The molecule has 3 aliphatic heterocycles. The van der Waals surface area contributed by atoms with Crippen LogP contribution in [0.15, 0.2) is 11.6 Å². The zero-order chi connectivity index (χ0) is 29.3. The Hall–Kier alpha value is -2.09. The average molecular weight is 578 g/mol. The molecule has 0 aromatic rings. The normalized spacial score (nSPS) is 29.6. The smallest absolute Gasteiger partial charge is 0.410 e. The first kappa shape index (κ1) is 30.9. The number of alkyl halides is 3. The Morgan fingerprint density at radius 1 is 1.02 bits per heavy atom. The minimum atomic E-state index is -4.27. The third kappa shape index (κ3) is 7.40. The number of hydrogen-bond donors (Lipinski definition) is 0. The Balaban J connectivity index is 1.25. The number of piperazine rings is 1. The Kier molecular flexibility index (Phi) is 9.28. The lowest BCUT2D eigenvalue weighted by Gasteiger charge is -2.48. The van der Waals surface area contributed by atoms with Crippen molar-refractivity contribution in [1.82, 2.24) is 14.7 Å². The van der Waals surface area contributed by atoms with Crippen molar-refractivity contribution in [2.75, 3.05) is 66.1 Å². The standard InChI is InChI=1S/C27H42F3N3O7/c1-18(2)7-13-37-25(3,4)22-21(36-5)20(6-8-26(22)17-38-26)40-24(35)33-14-19(15-33)39-23(34)32-11-9-31(10-12-32)16-27(28,29)30/h7,19-22H,6,8-17H2,1-5H3/t20-,21-,22-,26+/m1/s1. The second-order valence-corrected chi connectivity index (χ2v) is 12.0. The first-order valence-electron chi connectivity index (χ1n) is 13.9. The Labute approximate surface area is 233 Å². The van der Waals surface area contributed by atoms with Gasteiger partial charge in [0.25, 0.3) is 0 Å². The largest absolute Gasteiger partial charge is 0.443 e. The van der Waals surface area contributed by atoms with Gasteiger partial charge in [0.05, 0.1) is 44.1 Å². The number of allylic oxidation sites excluding steroid dienone is 1. The predicted molar refractivity (Wildman–Crippen MR) is 138 cm³/mol. The Morgan fingerprint density at radius 3 is 2.20 bits per heavy atom. The highest BCUT2D eigenvalue weighted by Crippen LogP contribution is 2.52. The number of nitrogens with zero attached hydrogens (tertiary/aromatic N) is 3. The van der Waals surface area contributed by atoms with Crippen LogP contribution in [-0.4, -0.2) is 129 Å². The predicted octanol–water partition coefficient (Wildman–Crippen LogP) is 3.45. The van der Waals surface area contributed by atoms with E-state index in [4.69, 9.17) is 23.7 Å². The van der Waals surface area contributed by atoms with E-state index in [1.807, 2.05) is 33.8 Å². The number of carbonyl (C=O) groups excluding carboxylic acids is 2. The lowest BCUT2D eigenvalue weighted by Crippen LogP contribution is -2.61. The first-order valence-corrected chi connectivity index (χ1v) is 13.9. The van der Waals surface area contributed by atoms with Crippen molar-refractivity contribution in [3.05, 3.63) is 11.6 Å². The van der Waals surface area contributed by atoms with Crippen LogP contribution in [0, 0.1) is 5.92 Å². The minimum absolute atomic E-state index is 0.129. The van der Waals surface area contributed by atoms with Gasteiger partial charge in [0, 0.05) is 39.2 Å². The van der Waals surface area contributed by atoms with Crippen LogP contribution < -0.4 is 0 Å². The molecule has 4 atom stereocenters. The van der Waals surface area contributed by atoms with Crippen molar-refractivity contribution >= 4 is 12.2 Å². The maximum Gasteiger partial charge on any atom is 0.410 e. The van der Waals surface area contributed by atoms with Crippen LogP contribution in [-0.2, 0) is 23.7 Å². The van der Waals surface area contributed by atoms with Gasteiger partial charge in [0.15, 0.2) is 0 Å². The summed E-state index contributed by atoms with van der Waals surface area (Å²) in [6, 6.07) is 0. The summed E-state index contributed by atoms with van der Waals surface area (Å²) in [5.41, 5.74) is 0.211. The molecule has 1 saturated carbocycles. The van der Waals surface area contributed by atoms with Crippen LogP contribution in [0.25, 0.3) is 0 Å². The van der Waals surface area contributed by atoms with E-state index in [0.717, 1.165) is 12.0 Å². The van der Waals surface area contributed by atoms with Crippen LogP contribution in [0.5, 0.6) is 0 Å². The van der Waals surface area contributed by atoms with Gasteiger partial charge in [0.1, 0.15) is 18.3 Å². The highest BCUT2D eigenvalue weighted by Gasteiger charge is 2.64. The Morgan fingerprint density at radius 2 is 1.65 bits per heavy atom. The van der Waals surface area contributed by atoms with Gasteiger partial charge >= 0.3 is 18.4 Å². The number of halogens is 3. The molecule has 0 bridgehead atoms. The number of rotatable bonds is 8. The van der Waals surface area contributed by atoms with Crippen LogP contribution in [0.3, 0.4) is 0 Å². The quantitative estimate of drug-likeness (QED) is 0.320. The van der Waals surface area contributed by atoms with Crippen molar-refractivity contribution in [1.29, 1.82) is 0 Å². The summed E-state index contributed by atoms with van der Waals surface area (Å²) in [4.78, 5) is 29.5. The lowest BCUT2D eigenvalue weighted by atomic mass is 9.68. The van der Waals surface area contributed by atoms with Gasteiger partial charge in [0.2, 0.25) is 0 Å². The van der Waals surface area contributed by atoms with Gasteiger partial charge < -0.3 is 33.5 Å². The fraction of sp³-hybridized carbons (Fsp3) is 0.852. The van der Waals surface area contributed by atoms with E-state index in [9.17, 15) is 22.8 Å². The molecule has 0 N–H and O–H groups in total. The number of hydrogen-bond acceptors (Lipinski definition) is 8. The van der Waals surface area contributed by atoms with Gasteiger partial charge in [-0.1, -0.05) is 11.6 Å². The summed E-state index contributed by atoms with van der Waals surface area (Å²) < 4.78 is 67.2. The molecule has 0 unspecified atom stereocenters. The number of likely N-dealkylation sites (tertiary alicyclic amines) is 1. The van der Waals surface area contributed by atoms with Crippen molar-refractivity contribution in [2.24, 2.45) is 5.92 Å². The Bertz CT molecular complexity index is 938. The van der Waals surface area contributed by atoms with E-state index in [-0.39, 0.29) is 50.8 Å². The number of epoxide rings is 1. The van der Waals surface area contributed by atoms with E-state index in [2.05, 4.69) is 0 Å². The molecule has 13 heteroatoms. The number of methoxy groups -OCH3 is 1. The maximum absolute atomic E-state index is 12.9. The summed E-state index contributed by atoms with van der Waals surface area (Å²) in [7, 11) is 1.61. The van der Waals surface area contributed by atoms with Gasteiger partial charge in [-0.05, 0) is 40.5 Å². The van der Waals surface area contributed by atoms with Crippen LogP contribution in [0.2, 0.25) is 0 Å². The molecular weight excluding hydrogens is 535 g/mol. The maximum atomic E-state index is 12.9. The van der Waals surface area contributed by atoms with E-state index < -0.39 is 48.8 Å². The van der Waals surface area contributed by atoms with Gasteiger partial charge in [-0.3, -0.25) is 4.90 Å². The molecule has 0 radical (unpaired) electrons. The molecule has 1 spiro atoms. The number of ether oxygens (including phenoxy) is 5. The first-order chi connectivity index (χ1) is 18.7. The SMILES string of the molecule is CO[C@H]1[C@H](C(C)(C)OCC=C(C)C)[C@]2(CC[C@H]1OC(=O)N1CC(OC(=O)N3CCN(CC(F)(F)F)CC3)C1)CO2. The molecule has 0 aromatic carbocycles. The zero-order valence-corrected chi connectivity index (χ0v) is 24.0. The third-order valence-electron chi connectivity index (χ3n) is 8.26. The summed E-state index contributed by atoms with van der Waals surface area (Å²) >= 11 is 0. The van der Waals surface area contributed by atoms with Crippen molar-refractivity contribution in [3.8, 4) is 0 Å². The monoisotopic (exact) mass is 577 g/mol. The molecule has 3 saturated heterocycles. The third-order valence-corrected chi connectivity index (χ3v) is 8.26. The van der Waals surface area contributed by atoms with E-state index >= 15 is 0 Å². The van der Waals surface area contributed by atoms with Crippen LogP contribution in [0.1, 0.15) is 40.5 Å². The molecule has 1 aliphatic carbocycles. The summed E-state index contributed by atoms with van der Waals surface area (Å²) in [5.74, 6) is -0.149. The molecule has 4 fully saturated rings. The second-order valence-electron chi connectivity index (χ2n) is 12.0. The summed E-state index contributed by atoms with van der Waals surface area (Å²) in [5, 5.41) is 0. The number of carbonyl (C=O) groups is 2. The lowest BCUT2D eigenvalue weighted by molar-refractivity contribution is -0.175. The van der Waals surface area contributed by atoms with Crippen molar-refractivity contribution in [2.45, 2.75) is 76.2 Å². The van der Waals surface area contributed by atoms with E-state index in [0.29, 0.717) is 19.6 Å². The van der Waals surface area contributed by atoms with Crippen molar-refractivity contribution < 1.29 is 46.4 Å². The summed E-state index contributed by atoms with van der Waals surface area (Å²) in [6.07, 6.45) is -3.41. The topological polar surface area (TPSA) is 93.3 Å².